The number of hydrogen-bond donors (Lipinski definition) is 1. The Kier molecular flexibility index (Phi) is 3.46. The molecule has 2 aromatic rings. The molecule has 1 aromatic heterocycles. The van der Waals surface area contributed by atoms with Crippen LogP contribution in [0.5, 0.6) is 11.6 Å². The Hall–Kier alpha value is -2.10. The summed E-state index contributed by atoms with van der Waals surface area (Å²) in [5.74, 6) is 1.97. The lowest BCUT2D eigenvalue weighted by Gasteiger charge is -2.13. The maximum Gasteiger partial charge on any atom is 0.225 e. The molecule has 2 rings (SSSR count). The number of rotatable bonds is 3. The van der Waals surface area contributed by atoms with E-state index in [1.807, 2.05) is 6.92 Å². The predicted molar refractivity (Wildman–Crippen MR) is 72.3 cm³/mol. The van der Waals surface area contributed by atoms with Crippen LogP contribution >= 0.6 is 0 Å². The van der Waals surface area contributed by atoms with E-state index in [0.29, 0.717) is 11.8 Å². The van der Waals surface area contributed by atoms with Crippen LogP contribution in [0.25, 0.3) is 0 Å². The monoisotopic (exact) mass is 243 g/mol. The smallest absolute Gasteiger partial charge is 0.225 e. The summed E-state index contributed by atoms with van der Waals surface area (Å²) in [4.78, 5) is 8.31. The van der Waals surface area contributed by atoms with Gasteiger partial charge in [-0.2, -0.15) is 4.98 Å². The third kappa shape index (κ3) is 2.42. The maximum absolute atomic E-state index is 5.87. The highest BCUT2D eigenvalue weighted by molar-refractivity contribution is 5.46. The SMILES string of the molecule is CNc1nccc(Oc2c(C)ccc(C)c2C)n1. The van der Waals surface area contributed by atoms with E-state index >= 15 is 0 Å². The van der Waals surface area contributed by atoms with Gasteiger partial charge in [-0.1, -0.05) is 12.1 Å². The average molecular weight is 243 g/mol. The second kappa shape index (κ2) is 5.04. The van der Waals surface area contributed by atoms with E-state index in [0.717, 1.165) is 16.9 Å². The van der Waals surface area contributed by atoms with Crippen LogP contribution in [-0.2, 0) is 0 Å². The first-order chi connectivity index (χ1) is 8.61. The molecular formula is C14H17N3O. The third-order valence-electron chi connectivity index (χ3n) is 2.93. The van der Waals surface area contributed by atoms with E-state index in [1.54, 1.807) is 19.3 Å². The van der Waals surface area contributed by atoms with Crippen molar-refractivity contribution in [1.82, 2.24) is 9.97 Å². The van der Waals surface area contributed by atoms with E-state index in [-0.39, 0.29) is 0 Å². The molecule has 0 unspecified atom stereocenters. The van der Waals surface area contributed by atoms with E-state index in [9.17, 15) is 0 Å². The molecule has 94 valence electrons. The van der Waals surface area contributed by atoms with Gasteiger partial charge in [-0.3, -0.25) is 0 Å². The highest BCUT2D eigenvalue weighted by Gasteiger charge is 2.08. The van der Waals surface area contributed by atoms with Crippen molar-refractivity contribution in [2.75, 3.05) is 12.4 Å². The van der Waals surface area contributed by atoms with Crippen LogP contribution < -0.4 is 10.1 Å². The fraction of sp³-hybridized carbons (Fsp3) is 0.286. The lowest BCUT2D eigenvalue weighted by molar-refractivity contribution is 0.455. The Bertz CT molecular complexity index is 567. The fourth-order valence-corrected chi connectivity index (χ4v) is 1.71. The van der Waals surface area contributed by atoms with Crippen molar-refractivity contribution >= 4 is 5.95 Å². The standard InChI is InChI=1S/C14H17N3O/c1-9-5-6-10(2)13(11(9)3)18-12-7-8-16-14(15-4)17-12/h5-8H,1-4H3,(H,15,16,17). The molecule has 1 heterocycles. The number of nitrogens with zero attached hydrogens (tertiary/aromatic N) is 2. The molecular weight excluding hydrogens is 226 g/mol. The van der Waals surface area contributed by atoms with Gasteiger partial charge in [0.05, 0.1) is 0 Å². The molecule has 0 aliphatic heterocycles. The van der Waals surface area contributed by atoms with Crippen LogP contribution in [0.2, 0.25) is 0 Å². The number of aryl methyl sites for hydroxylation is 2. The molecule has 0 bridgehead atoms. The van der Waals surface area contributed by atoms with Gasteiger partial charge in [0.25, 0.3) is 0 Å². The van der Waals surface area contributed by atoms with Crippen molar-refractivity contribution in [3.8, 4) is 11.6 Å². The third-order valence-corrected chi connectivity index (χ3v) is 2.93. The number of hydrogen-bond acceptors (Lipinski definition) is 4. The normalized spacial score (nSPS) is 10.2. The van der Waals surface area contributed by atoms with E-state index in [4.69, 9.17) is 4.74 Å². The Balaban J connectivity index is 2.36. The zero-order chi connectivity index (χ0) is 13.1. The van der Waals surface area contributed by atoms with Crippen molar-refractivity contribution in [2.45, 2.75) is 20.8 Å². The molecule has 0 saturated heterocycles. The van der Waals surface area contributed by atoms with Gasteiger partial charge in [-0.05, 0) is 37.5 Å². The Labute approximate surface area is 107 Å². The summed E-state index contributed by atoms with van der Waals surface area (Å²) >= 11 is 0. The molecule has 4 nitrogen and oxygen atoms in total. The Morgan fingerprint density at radius 1 is 1.06 bits per heavy atom. The molecule has 0 aliphatic carbocycles. The Morgan fingerprint density at radius 3 is 2.50 bits per heavy atom. The first-order valence-corrected chi connectivity index (χ1v) is 5.87. The molecule has 0 spiro atoms. The molecule has 0 radical (unpaired) electrons. The van der Waals surface area contributed by atoms with Gasteiger partial charge in [0.2, 0.25) is 11.8 Å². The zero-order valence-corrected chi connectivity index (χ0v) is 11.1. The van der Waals surface area contributed by atoms with Crippen molar-refractivity contribution in [1.29, 1.82) is 0 Å². The minimum atomic E-state index is 0.547. The van der Waals surface area contributed by atoms with E-state index in [2.05, 4.69) is 41.3 Å². The molecule has 0 amide bonds. The maximum atomic E-state index is 5.87. The van der Waals surface area contributed by atoms with Crippen LogP contribution in [0.4, 0.5) is 5.95 Å². The van der Waals surface area contributed by atoms with Crippen molar-refractivity contribution in [2.24, 2.45) is 0 Å². The van der Waals surface area contributed by atoms with E-state index in [1.165, 1.54) is 5.56 Å². The average Bonchev–Trinajstić information content (AvgIpc) is 2.39. The molecule has 1 aromatic carbocycles. The lowest BCUT2D eigenvalue weighted by Crippen LogP contribution is -1.99. The van der Waals surface area contributed by atoms with Crippen LogP contribution in [0, 0.1) is 20.8 Å². The molecule has 1 N–H and O–H groups in total. The highest BCUT2D eigenvalue weighted by atomic mass is 16.5. The summed E-state index contributed by atoms with van der Waals surface area (Å²) in [6, 6.07) is 5.90. The minimum Gasteiger partial charge on any atom is -0.438 e. The summed E-state index contributed by atoms with van der Waals surface area (Å²) in [5, 5.41) is 2.89. The second-order valence-corrected chi connectivity index (χ2v) is 4.22. The topological polar surface area (TPSA) is 47.0 Å². The number of benzene rings is 1. The summed E-state index contributed by atoms with van der Waals surface area (Å²) in [6.45, 7) is 6.15. The number of ether oxygens (including phenoxy) is 1. The summed E-state index contributed by atoms with van der Waals surface area (Å²) < 4.78 is 5.87. The van der Waals surface area contributed by atoms with Crippen LogP contribution in [0.3, 0.4) is 0 Å². The largest absolute Gasteiger partial charge is 0.438 e. The summed E-state index contributed by atoms with van der Waals surface area (Å²) in [5.41, 5.74) is 3.45. The summed E-state index contributed by atoms with van der Waals surface area (Å²) in [6.07, 6.45) is 1.68. The molecule has 18 heavy (non-hydrogen) atoms. The van der Waals surface area contributed by atoms with Gasteiger partial charge >= 0.3 is 0 Å². The minimum absolute atomic E-state index is 0.547. The highest BCUT2D eigenvalue weighted by Crippen LogP contribution is 2.29. The Morgan fingerprint density at radius 2 is 1.78 bits per heavy atom. The van der Waals surface area contributed by atoms with Gasteiger partial charge in [-0.15, -0.1) is 0 Å². The van der Waals surface area contributed by atoms with E-state index < -0.39 is 0 Å². The quantitative estimate of drug-likeness (QED) is 0.899. The van der Waals surface area contributed by atoms with Crippen molar-refractivity contribution in [3.05, 3.63) is 41.1 Å². The van der Waals surface area contributed by atoms with Crippen molar-refractivity contribution in [3.63, 3.8) is 0 Å². The van der Waals surface area contributed by atoms with Gasteiger partial charge in [-0.25, -0.2) is 4.98 Å². The molecule has 0 aliphatic rings. The summed E-state index contributed by atoms with van der Waals surface area (Å²) in [7, 11) is 1.78. The predicted octanol–water partition coefficient (Wildman–Crippen LogP) is 3.24. The molecule has 0 fully saturated rings. The molecule has 0 atom stereocenters. The van der Waals surface area contributed by atoms with Gasteiger partial charge in [0.1, 0.15) is 5.75 Å². The number of aromatic nitrogens is 2. The van der Waals surface area contributed by atoms with Crippen molar-refractivity contribution < 1.29 is 4.74 Å². The van der Waals surface area contributed by atoms with Crippen LogP contribution in [0.1, 0.15) is 16.7 Å². The fourth-order valence-electron chi connectivity index (χ4n) is 1.71. The second-order valence-electron chi connectivity index (χ2n) is 4.22. The van der Waals surface area contributed by atoms with Crippen LogP contribution in [0.15, 0.2) is 24.4 Å². The lowest BCUT2D eigenvalue weighted by atomic mass is 10.1. The van der Waals surface area contributed by atoms with Crippen LogP contribution in [-0.4, -0.2) is 17.0 Å². The first kappa shape index (κ1) is 12.4. The van der Waals surface area contributed by atoms with Gasteiger partial charge in [0.15, 0.2) is 0 Å². The zero-order valence-electron chi connectivity index (χ0n) is 11.1. The molecule has 0 saturated carbocycles. The van der Waals surface area contributed by atoms with Gasteiger partial charge < -0.3 is 10.1 Å². The molecule has 4 heteroatoms. The number of anilines is 1. The number of nitrogens with one attached hydrogen (secondary N) is 1. The first-order valence-electron chi connectivity index (χ1n) is 5.87. The van der Waals surface area contributed by atoms with Gasteiger partial charge in [0, 0.05) is 19.3 Å².